The number of Topliss-reactive ketones (excluding diaryl/α,β-unsaturated/α-hetero) is 1. The molecule has 2 nitrogen and oxygen atoms in total. The Morgan fingerprint density at radius 3 is 3.00 bits per heavy atom. The van der Waals surface area contributed by atoms with Gasteiger partial charge in [0, 0.05) is 23.5 Å². The van der Waals surface area contributed by atoms with Gasteiger partial charge in [-0.25, -0.2) is 4.39 Å². The first-order chi connectivity index (χ1) is 7.16. The maximum Gasteiger partial charge on any atom is 0.130 e. The summed E-state index contributed by atoms with van der Waals surface area (Å²) < 4.78 is 13.2. The summed E-state index contributed by atoms with van der Waals surface area (Å²) in [5.74, 6) is -0.125. The summed E-state index contributed by atoms with van der Waals surface area (Å²) in [7, 11) is 0. The number of carbonyl (C=O) groups excluding carboxylic acids is 1. The summed E-state index contributed by atoms with van der Waals surface area (Å²) in [6.07, 6.45) is 2.82. The average Bonchev–Trinajstić information content (AvgIpc) is 2.61. The second-order valence-corrected chi connectivity index (χ2v) is 3.71. The molecule has 15 heavy (non-hydrogen) atoms. The van der Waals surface area contributed by atoms with Crippen molar-refractivity contribution in [1.82, 2.24) is 4.98 Å². The number of aromatic nitrogens is 1. The minimum absolute atomic E-state index is 0.124. The third-order valence-electron chi connectivity index (χ3n) is 2.45. The van der Waals surface area contributed by atoms with Gasteiger partial charge < -0.3 is 9.78 Å². The summed E-state index contributed by atoms with van der Waals surface area (Å²) in [5, 5.41) is 0.855. The maximum absolute atomic E-state index is 13.2. The van der Waals surface area contributed by atoms with Gasteiger partial charge in [0.25, 0.3) is 0 Å². The van der Waals surface area contributed by atoms with Crippen molar-refractivity contribution >= 4 is 16.7 Å². The molecule has 1 N–H and O–H groups in total. The predicted molar refractivity (Wildman–Crippen MR) is 57.3 cm³/mol. The van der Waals surface area contributed by atoms with Gasteiger partial charge in [0.1, 0.15) is 11.6 Å². The fourth-order valence-electron chi connectivity index (χ4n) is 1.72. The molecule has 3 heteroatoms. The van der Waals surface area contributed by atoms with Crippen LogP contribution in [0, 0.1) is 5.82 Å². The molecule has 0 amide bonds. The number of nitrogens with one attached hydrogen (secondary N) is 1. The van der Waals surface area contributed by atoms with Crippen LogP contribution < -0.4 is 0 Å². The Morgan fingerprint density at radius 1 is 1.47 bits per heavy atom. The number of hydrogen-bond donors (Lipinski definition) is 1. The topological polar surface area (TPSA) is 32.9 Å². The third kappa shape index (κ3) is 2.06. The van der Waals surface area contributed by atoms with Crippen LogP contribution in [0.2, 0.25) is 0 Å². The van der Waals surface area contributed by atoms with E-state index in [0.29, 0.717) is 12.8 Å². The molecular formula is C12H12FNO. The molecule has 0 aliphatic carbocycles. The van der Waals surface area contributed by atoms with Gasteiger partial charge in [-0.1, -0.05) is 0 Å². The van der Waals surface area contributed by atoms with Gasteiger partial charge in [-0.05, 0) is 37.1 Å². The molecule has 1 aromatic heterocycles. The fourth-order valence-corrected chi connectivity index (χ4v) is 1.72. The van der Waals surface area contributed by atoms with Crippen molar-refractivity contribution in [2.75, 3.05) is 0 Å². The Hall–Kier alpha value is -1.64. The smallest absolute Gasteiger partial charge is 0.130 e. The van der Waals surface area contributed by atoms with E-state index in [1.165, 1.54) is 12.1 Å². The molecular weight excluding hydrogens is 193 g/mol. The number of halogens is 1. The fraction of sp³-hybridized carbons (Fsp3) is 0.250. The van der Waals surface area contributed by atoms with Crippen LogP contribution in [-0.4, -0.2) is 10.8 Å². The van der Waals surface area contributed by atoms with Crippen LogP contribution in [0.4, 0.5) is 4.39 Å². The lowest BCUT2D eigenvalue weighted by Crippen LogP contribution is -1.95. The molecule has 0 aliphatic heterocycles. The van der Waals surface area contributed by atoms with Crippen LogP contribution in [0.5, 0.6) is 0 Å². The molecule has 1 heterocycles. The van der Waals surface area contributed by atoms with Gasteiger partial charge in [-0.3, -0.25) is 0 Å². The maximum atomic E-state index is 13.2. The van der Waals surface area contributed by atoms with Crippen LogP contribution in [0.1, 0.15) is 18.9 Å². The van der Waals surface area contributed by atoms with Crippen molar-refractivity contribution < 1.29 is 9.18 Å². The molecule has 0 atom stereocenters. The highest BCUT2D eigenvalue weighted by atomic mass is 19.1. The highest BCUT2D eigenvalue weighted by molar-refractivity contribution is 5.83. The molecule has 0 unspecified atom stereocenters. The van der Waals surface area contributed by atoms with Crippen molar-refractivity contribution in [2.45, 2.75) is 19.8 Å². The zero-order chi connectivity index (χ0) is 10.8. The first-order valence-electron chi connectivity index (χ1n) is 4.92. The molecule has 2 aromatic rings. The number of aryl methyl sites for hydroxylation is 1. The van der Waals surface area contributed by atoms with Gasteiger partial charge in [0.15, 0.2) is 0 Å². The highest BCUT2D eigenvalue weighted by Gasteiger charge is 2.06. The van der Waals surface area contributed by atoms with E-state index in [1.54, 1.807) is 13.1 Å². The van der Waals surface area contributed by atoms with Crippen molar-refractivity contribution in [2.24, 2.45) is 0 Å². The summed E-state index contributed by atoms with van der Waals surface area (Å²) >= 11 is 0. The molecule has 2 rings (SSSR count). The van der Waals surface area contributed by atoms with Crippen LogP contribution >= 0.6 is 0 Å². The zero-order valence-corrected chi connectivity index (χ0v) is 8.51. The average molecular weight is 205 g/mol. The predicted octanol–water partition coefficient (Wildman–Crippen LogP) is 2.83. The van der Waals surface area contributed by atoms with E-state index in [9.17, 15) is 9.18 Å². The van der Waals surface area contributed by atoms with Gasteiger partial charge in [0.05, 0.1) is 0 Å². The number of fused-ring (bicyclic) bond motifs is 1. The van der Waals surface area contributed by atoms with E-state index in [0.717, 1.165) is 16.5 Å². The van der Waals surface area contributed by atoms with E-state index in [4.69, 9.17) is 0 Å². The van der Waals surface area contributed by atoms with Crippen molar-refractivity contribution in [3.63, 3.8) is 0 Å². The summed E-state index contributed by atoms with van der Waals surface area (Å²) in [5.41, 5.74) is 1.79. The number of H-pyrrole nitrogens is 1. The summed E-state index contributed by atoms with van der Waals surface area (Å²) in [6.45, 7) is 1.55. The Balaban J connectivity index is 2.39. The SMILES string of the molecule is CC(=O)CCc1cc(F)cc2cc[nH]c12. The van der Waals surface area contributed by atoms with E-state index < -0.39 is 0 Å². The second kappa shape index (κ2) is 3.85. The molecule has 78 valence electrons. The van der Waals surface area contributed by atoms with Crippen molar-refractivity contribution in [3.05, 3.63) is 35.8 Å². The normalized spacial score (nSPS) is 10.8. The third-order valence-corrected chi connectivity index (χ3v) is 2.45. The molecule has 0 radical (unpaired) electrons. The molecule has 0 aliphatic rings. The highest BCUT2D eigenvalue weighted by Crippen LogP contribution is 2.20. The molecule has 1 aromatic carbocycles. The molecule has 0 spiro atoms. The molecule has 0 fully saturated rings. The largest absolute Gasteiger partial charge is 0.361 e. The lowest BCUT2D eigenvalue weighted by atomic mass is 10.1. The van der Waals surface area contributed by atoms with Crippen molar-refractivity contribution in [3.8, 4) is 0 Å². The van der Waals surface area contributed by atoms with E-state index in [-0.39, 0.29) is 11.6 Å². The molecule has 0 bridgehead atoms. The quantitative estimate of drug-likeness (QED) is 0.821. The van der Waals surface area contributed by atoms with Crippen LogP contribution in [-0.2, 0) is 11.2 Å². The van der Waals surface area contributed by atoms with Crippen LogP contribution in [0.25, 0.3) is 10.9 Å². The monoisotopic (exact) mass is 205 g/mol. The molecule has 0 saturated carbocycles. The Morgan fingerprint density at radius 2 is 2.27 bits per heavy atom. The number of rotatable bonds is 3. The molecule has 0 saturated heterocycles. The standard InChI is InChI=1S/C12H12FNO/c1-8(15)2-3-9-6-11(13)7-10-4-5-14-12(9)10/h4-7,14H,2-3H2,1H3. The van der Waals surface area contributed by atoms with E-state index in [1.807, 2.05) is 6.07 Å². The van der Waals surface area contributed by atoms with Crippen LogP contribution in [0.3, 0.4) is 0 Å². The number of benzene rings is 1. The van der Waals surface area contributed by atoms with Gasteiger partial charge in [-0.2, -0.15) is 0 Å². The lowest BCUT2D eigenvalue weighted by Gasteiger charge is -2.02. The Labute approximate surface area is 87.1 Å². The first kappa shape index (κ1) is 9.90. The first-order valence-corrected chi connectivity index (χ1v) is 4.92. The number of hydrogen-bond acceptors (Lipinski definition) is 1. The Bertz CT molecular complexity index is 501. The minimum atomic E-state index is -0.249. The van der Waals surface area contributed by atoms with Gasteiger partial charge in [-0.15, -0.1) is 0 Å². The minimum Gasteiger partial charge on any atom is -0.361 e. The lowest BCUT2D eigenvalue weighted by molar-refractivity contribution is -0.116. The summed E-state index contributed by atoms with van der Waals surface area (Å²) in [4.78, 5) is 13.9. The van der Waals surface area contributed by atoms with Gasteiger partial charge >= 0.3 is 0 Å². The number of ketones is 1. The zero-order valence-electron chi connectivity index (χ0n) is 8.51. The second-order valence-electron chi connectivity index (χ2n) is 3.71. The van der Waals surface area contributed by atoms with Gasteiger partial charge in [0.2, 0.25) is 0 Å². The Kier molecular flexibility index (Phi) is 2.54. The summed E-state index contributed by atoms with van der Waals surface area (Å²) in [6, 6.07) is 4.81. The number of carbonyl (C=O) groups is 1. The van der Waals surface area contributed by atoms with E-state index in [2.05, 4.69) is 4.98 Å². The van der Waals surface area contributed by atoms with Crippen molar-refractivity contribution in [1.29, 1.82) is 0 Å². The van der Waals surface area contributed by atoms with Crippen LogP contribution in [0.15, 0.2) is 24.4 Å². The van der Waals surface area contributed by atoms with E-state index >= 15 is 0 Å². The number of aromatic amines is 1.